The molecule has 0 radical (unpaired) electrons. The van der Waals surface area contributed by atoms with E-state index >= 15 is 0 Å². The van der Waals surface area contributed by atoms with Gasteiger partial charge < -0.3 is 20.1 Å². The maximum Gasteiger partial charge on any atom is 0.348 e. The molecular weight excluding hydrogens is 622 g/mol. The van der Waals surface area contributed by atoms with Crippen LogP contribution in [0.15, 0.2) is 47.6 Å². The number of aryl methyl sites for hydroxylation is 2. The van der Waals surface area contributed by atoms with Crippen molar-refractivity contribution in [2.24, 2.45) is 0 Å². The van der Waals surface area contributed by atoms with Crippen molar-refractivity contribution in [3.8, 4) is 5.69 Å². The first-order valence-corrected chi connectivity index (χ1v) is 15.8. The number of esters is 2. The van der Waals surface area contributed by atoms with E-state index in [1.54, 1.807) is 37.5 Å². The molecule has 0 aliphatic heterocycles. The largest absolute Gasteiger partial charge is 0.462 e. The molecule has 2 heterocycles. The highest BCUT2D eigenvalue weighted by Crippen LogP contribution is 2.35. The van der Waals surface area contributed by atoms with E-state index in [4.69, 9.17) is 9.47 Å². The smallest absolute Gasteiger partial charge is 0.348 e. The average molecular weight is 654 g/mol. The summed E-state index contributed by atoms with van der Waals surface area (Å²) in [5.74, 6) is -2.29. The van der Waals surface area contributed by atoms with Crippen LogP contribution >= 0.6 is 23.1 Å². The summed E-state index contributed by atoms with van der Waals surface area (Å²) in [6.45, 7) is 9.06. The van der Waals surface area contributed by atoms with Crippen LogP contribution in [0, 0.1) is 26.6 Å². The van der Waals surface area contributed by atoms with E-state index in [0.29, 0.717) is 27.8 Å². The Bertz CT molecular complexity index is 1730. The number of carbonyl (C=O) groups excluding carboxylic acids is 4. The Morgan fingerprint density at radius 1 is 0.933 bits per heavy atom. The second-order valence-electron chi connectivity index (χ2n) is 9.73. The number of amides is 2. The van der Waals surface area contributed by atoms with Crippen LogP contribution in [0.4, 0.5) is 9.39 Å². The average Bonchev–Trinajstić information content (AvgIpc) is 3.56. The van der Waals surface area contributed by atoms with Gasteiger partial charge in [0.25, 0.3) is 5.91 Å². The molecule has 2 amide bonds. The van der Waals surface area contributed by atoms with Gasteiger partial charge in [-0.15, -0.1) is 21.5 Å². The normalized spacial score (nSPS) is 10.8. The molecule has 2 aromatic heterocycles. The predicted octanol–water partition coefficient (Wildman–Crippen LogP) is 5.41. The maximum atomic E-state index is 13.7. The number of nitrogens with zero attached hydrogens (tertiary/aromatic N) is 3. The number of nitrogens with one attached hydrogen (secondary N) is 2. The summed E-state index contributed by atoms with van der Waals surface area (Å²) in [4.78, 5) is 51.3. The lowest BCUT2D eigenvalue weighted by Gasteiger charge is -2.12. The quantitative estimate of drug-likeness (QED) is 0.152. The molecule has 0 saturated carbocycles. The van der Waals surface area contributed by atoms with Crippen LogP contribution in [0.5, 0.6) is 0 Å². The van der Waals surface area contributed by atoms with Crippen LogP contribution in [0.25, 0.3) is 5.69 Å². The van der Waals surface area contributed by atoms with Gasteiger partial charge in [-0.25, -0.2) is 14.0 Å². The zero-order valence-electron chi connectivity index (χ0n) is 25.4. The van der Waals surface area contributed by atoms with Crippen molar-refractivity contribution < 1.29 is 33.0 Å². The summed E-state index contributed by atoms with van der Waals surface area (Å²) in [5, 5.41) is 14.5. The van der Waals surface area contributed by atoms with E-state index in [0.717, 1.165) is 34.2 Å². The van der Waals surface area contributed by atoms with E-state index in [-0.39, 0.29) is 46.9 Å². The number of aromatic nitrogens is 3. The van der Waals surface area contributed by atoms with E-state index in [1.807, 2.05) is 19.9 Å². The fraction of sp³-hybridized carbons (Fsp3) is 0.290. The number of benzene rings is 2. The minimum Gasteiger partial charge on any atom is -0.462 e. The lowest BCUT2D eigenvalue weighted by Crippen LogP contribution is -2.24. The third kappa shape index (κ3) is 7.94. The van der Waals surface area contributed by atoms with Gasteiger partial charge in [-0.3, -0.25) is 14.2 Å². The van der Waals surface area contributed by atoms with Gasteiger partial charge in [-0.2, -0.15) is 0 Å². The Kier molecular flexibility index (Phi) is 11.1. The highest BCUT2D eigenvalue weighted by molar-refractivity contribution is 7.99. The van der Waals surface area contributed by atoms with Crippen molar-refractivity contribution in [2.45, 2.75) is 46.3 Å². The second-order valence-corrected chi connectivity index (χ2v) is 11.7. The van der Waals surface area contributed by atoms with Gasteiger partial charge in [0.05, 0.1) is 31.1 Å². The number of anilines is 1. The number of thioether (sulfide) groups is 1. The standard InChI is InChI=1S/C31H32FN5O6S2/c1-6-42-29(40)25-19(5)26(30(41)43-7-2)45-28(25)34-24(38)16-44-31-36-35-23(37(31)22-12-10-21(32)11-13-22)15-33-27(39)20-9-8-17(3)18(4)14-20/h8-14H,6-7,15-16H2,1-5H3,(H,33,39)(H,34,38). The molecule has 0 saturated heterocycles. The van der Waals surface area contributed by atoms with Gasteiger partial charge in [-0.05, 0) is 87.7 Å². The highest BCUT2D eigenvalue weighted by atomic mass is 32.2. The number of carbonyl (C=O) groups is 4. The summed E-state index contributed by atoms with van der Waals surface area (Å²) in [6.07, 6.45) is 0. The molecule has 14 heteroatoms. The van der Waals surface area contributed by atoms with E-state index in [1.165, 1.54) is 24.3 Å². The molecule has 0 atom stereocenters. The van der Waals surface area contributed by atoms with Gasteiger partial charge >= 0.3 is 11.9 Å². The van der Waals surface area contributed by atoms with Crippen molar-refractivity contribution in [1.29, 1.82) is 0 Å². The Morgan fingerprint density at radius 2 is 1.62 bits per heavy atom. The molecule has 236 valence electrons. The van der Waals surface area contributed by atoms with Gasteiger partial charge in [0.1, 0.15) is 15.7 Å². The van der Waals surface area contributed by atoms with Crippen LogP contribution < -0.4 is 10.6 Å². The van der Waals surface area contributed by atoms with Crippen molar-refractivity contribution in [2.75, 3.05) is 24.3 Å². The molecule has 2 N–H and O–H groups in total. The van der Waals surface area contributed by atoms with Gasteiger partial charge in [0, 0.05) is 11.3 Å². The van der Waals surface area contributed by atoms with Gasteiger partial charge in [0.15, 0.2) is 11.0 Å². The lowest BCUT2D eigenvalue weighted by atomic mass is 10.1. The zero-order chi connectivity index (χ0) is 32.7. The first-order valence-electron chi connectivity index (χ1n) is 14.0. The fourth-order valence-corrected chi connectivity index (χ4v) is 6.11. The van der Waals surface area contributed by atoms with Crippen molar-refractivity contribution >= 4 is 51.9 Å². The summed E-state index contributed by atoms with van der Waals surface area (Å²) >= 11 is 1.97. The topological polar surface area (TPSA) is 142 Å². The number of halogens is 1. The first-order chi connectivity index (χ1) is 21.5. The SMILES string of the molecule is CCOC(=O)c1sc(NC(=O)CSc2nnc(CNC(=O)c3ccc(C)c(C)c3)n2-c2ccc(F)cc2)c(C(=O)OCC)c1C. The third-order valence-corrected chi connectivity index (χ3v) is 8.75. The summed E-state index contributed by atoms with van der Waals surface area (Å²) in [5.41, 5.74) is 3.51. The molecule has 0 aliphatic rings. The Hall–Kier alpha value is -4.56. The molecule has 11 nitrogen and oxygen atoms in total. The fourth-order valence-electron chi connectivity index (χ4n) is 4.24. The number of hydrogen-bond acceptors (Lipinski definition) is 10. The molecule has 4 aromatic rings. The Balaban J connectivity index is 1.54. The van der Waals surface area contributed by atoms with Crippen LogP contribution in [0.3, 0.4) is 0 Å². The minimum absolute atomic E-state index is 0.0108. The molecule has 2 aromatic carbocycles. The first kappa shape index (κ1) is 33.3. The lowest BCUT2D eigenvalue weighted by molar-refractivity contribution is -0.113. The highest BCUT2D eigenvalue weighted by Gasteiger charge is 2.27. The van der Waals surface area contributed by atoms with E-state index in [9.17, 15) is 23.6 Å². The zero-order valence-corrected chi connectivity index (χ0v) is 27.0. The molecule has 0 unspecified atom stereocenters. The molecule has 0 spiro atoms. The van der Waals surface area contributed by atoms with E-state index < -0.39 is 23.7 Å². The third-order valence-electron chi connectivity index (χ3n) is 6.63. The van der Waals surface area contributed by atoms with Crippen molar-refractivity contribution in [3.63, 3.8) is 0 Å². The minimum atomic E-state index is -0.673. The Labute approximate surface area is 267 Å². The van der Waals surface area contributed by atoms with Crippen LogP contribution in [-0.4, -0.2) is 57.5 Å². The number of rotatable bonds is 12. The summed E-state index contributed by atoms with van der Waals surface area (Å²) in [6, 6.07) is 11.0. The van der Waals surface area contributed by atoms with Crippen LogP contribution in [0.2, 0.25) is 0 Å². The van der Waals surface area contributed by atoms with Crippen LogP contribution in [0.1, 0.15) is 66.7 Å². The second kappa shape index (κ2) is 14.9. The summed E-state index contributed by atoms with van der Waals surface area (Å²) in [7, 11) is 0. The van der Waals surface area contributed by atoms with Gasteiger partial charge in [-0.1, -0.05) is 17.8 Å². The summed E-state index contributed by atoms with van der Waals surface area (Å²) < 4.78 is 25.6. The predicted molar refractivity (Wildman–Crippen MR) is 169 cm³/mol. The molecule has 0 aliphatic carbocycles. The van der Waals surface area contributed by atoms with E-state index in [2.05, 4.69) is 20.8 Å². The molecule has 4 rings (SSSR count). The maximum absolute atomic E-state index is 13.7. The number of thiophene rings is 1. The monoisotopic (exact) mass is 653 g/mol. The molecule has 0 bridgehead atoms. The van der Waals surface area contributed by atoms with Gasteiger partial charge in [0.2, 0.25) is 5.91 Å². The number of hydrogen-bond donors (Lipinski definition) is 2. The molecule has 45 heavy (non-hydrogen) atoms. The Morgan fingerprint density at radius 3 is 2.29 bits per heavy atom. The molecule has 0 fully saturated rings. The van der Waals surface area contributed by atoms with Crippen molar-refractivity contribution in [3.05, 3.63) is 86.8 Å². The number of ether oxygens (including phenoxy) is 2. The molecular formula is C31H32FN5O6S2. The van der Waals surface area contributed by atoms with Crippen molar-refractivity contribution in [1.82, 2.24) is 20.1 Å². The van der Waals surface area contributed by atoms with Crippen LogP contribution in [-0.2, 0) is 20.8 Å².